The Labute approximate surface area is 175 Å². The predicted molar refractivity (Wildman–Crippen MR) is 112 cm³/mol. The fraction of sp³-hybridized carbons (Fsp3) is 0.450. The Hall–Kier alpha value is -2.10. The summed E-state index contributed by atoms with van der Waals surface area (Å²) in [6.07, 6.45) is 0.997. The minimum Gasteiger partial charge on any atom is -0.497 e. The minimum absolute atomic E-state index is 0.0736. The summed E-state index contributed by atoms with van der Waals surface area (Å²) in [4.78, 5) is 12.8. The lowest BCUT2D eigenvalue weighted by molar-refractivity contribution is -0.126. The number of carbonyl (C=O) groups is 1. The lowest BCUT2D eigenvalue weighted by Gasteiger charge is -2.31. The number of benzene rings is 1. The number of hydrogen-bond acceptors (Lipinski definition) is 6. The second-order valence-electron chi connectivity index (χ2n) is 6.95. The van der Waals surface area contributed by atoms with Gasteiger partial charge in [0.2, 0.25) is 5.91 Å². The maximum atomic E-state index is 12.8. The van der Waals surface area contributed by atoms with Crippen LogP contribution in [0.5, 0.6) is 11.5 Å². The molecule has 1 atom stereocenters. The summed E-state index contributed by atoms with van der Waals surface area (Å²) in [6, 6.07) is 8.54. The maximum Gasteiger partial charge on any atom is 0.252 e. The summed E-state index contributed by atoms with van der Waals surface area (Å²) in [5.74, 6) is 1.07. The third-order valence-corrected chi connectivity index (χ3v) is 8.45. The molecule has 0 saturated carbocycles. The van der Waals surface area contributed by atoms with E-state index in [2.05, 4.69) is 5.32 Å². The van der Waals surface area contributed by atoms with E-state index in [1.807, 2.05) is 19.1 Å². The molecule has 0 radical (unpaired) electrons. The van der Waals surface area contributed by atoms with Crippen LogP contribution in [0.3, 0.4) is 0 Å². The molecule has 1 fully saturated rings. The average molecular weight is 439 g/mol. The van der Waals surface area contributed by atoms with Gasteiger partial charge in [0.1, 0.15) is 15.7 Å². The van der Waals surface area contributed by atoms with E-state index in [0.717, 1.165) is 5.56 Å². The molecule has 1 amide bonds. The Bertz CT molecular complexity index is 936. The standard InChI is InChI=1S/C20H26N2O5S2/c1-14(17-13-16(26-2)6-7-18(17)27-3)21-20(23)15-8-10-22(11-9-15)29(24,25)19-5-4-12-28-19/h4-7,12-15H,8-11H2,1-3H3,(H,21,23)/t14-/m1/s1. The fourth-order valence-electron chi connectivity index (χ4n) is 3.48. The van der Waals surface area contributed by atoms with Crippen LogP contribution in [0.4, 0.5) is 0 Å². The van der Waals surface area contributed by atoms with Crippen molar-refractivity contribution in [3.8, 4) is 11.5 Å². The largest absolute Gasteiger partial charge is 0.497 e. The number of sulfonamides is 1. The highest BCUT2D eigenvalue weighted by Crippen LogP contribution is 2.30. The number of piperidine rings is 1. The number of methoxy groups -OCH3 is 2. The number of amides is 1. The van der Waals surface area contributed by atoms with Crippen LogP contribution in [0.1, 0.15) is 31.4 Å². The molecule has 29 heavy (non-hydrogen) atoms. The molecule has 2 aromatic rings. The second-order valence-corrected chi connectivity index (χ2v) is 10.1. The third kappa shape index (κ3) is 4.73. The molecule has 1 saturated heterocycles. The number of thiophene rings is 1. The van der Waals surface area contributed by atoms with Crippen molar-refractivity contribution in [3.05, 3.63) is 41.3 Å². The molecule has 0 bridgehead atoms. The topological polar surface area (TPSA) is 84.9 Å². The van der Waals surface area contributed by atoms with Crippen molar-refractivity contribution in [2.45, 2.75) is 30.0 Å². The normalized spacial score (nSPS) is 16.9. The van der Waals surface area contributed by atoms with Crippen molar-refractivity contribution < 1.29 is 22.7 Å². The molecule has 9 heteroatoms. The molecule has 0 aliphatic carbocycles. The van der Waals surface area contributed by atoms with Crippen molar-refractivity contribution in [1.29, 1.82) is 0 Å². The first-order valence-electron chi connectivity index (χ1n) is 9.42. The Morgan fingerprint density at radius 1 is 1.21 bits per heavy atom. The van der Waals surface area contributed by atoms with Gasteiger partial charge < -0.3 is 14.8 Å². The molecular weight excluding hydrogens is 412 g/mol. The van der Waals surface area contributed by atoms with Gasteiger partial charge in [-0.25, -0.2) is 8.42 Å². The number of ether oxygens (including phenoxy) is 2. The molecule has 1 N–H and O–H groups in total. The van der Waals surface area contributed by atoms with Crippen LogP contribution >= 0.6 is 11.3 Å². The summed E-state index contributed by atoms with van der Waals surface area (Å²) in [7, 11) is -0.284. The number of rotatable bonds is 7. The first-order valence-corrected chi connectivity index (χ1v) is 11.7. The molecule has 7 nitrogen and oxygen atoms in total. The van der Waals surface area contributed by atoms with Gasteiger partial charge in [0.05, 0.1) is 20.3 Å². The number of carbonyl (C=O) groups excluding carboxylic acids is 1. The molecule has 0 spiro atoms. The Morgan fingerprint density at radius 2 is 1.93 bits per heavy atom. The van der Waals surface area contributed by atoms with Crippen molar-refractivity contribution in [2.75, 3.05) is 27.3 Å². The molecule has 1 aromatic heterocycles. The van der Waals surface area contributed by atoms with E-state index < -0.39 is 10.0 Å². The van der Waals surface area contributed by atoms with E-state index in [0.29, 0.717) is 41.6 Å². The van der Waals surface area contributed by atoms with Crippen molar-refractivity contribution >= 4 is 27.3 Å². The molecule has 158 valence electrons. The zero-order valence-electron chi connectivity index (χ0n) is 16.8. The lowest BCUT2D eigenvalue weighted by Crippen LogP contribution is -2.43. The van der Waals surface area contributed by atoms with Crippen LogP contribution in [0, 0.1) is 5.92 Å². The van der Waals surface area contributed by atoms with E-state index in [1.54, 1.807) is 37.8 Å². The summed E-state index contributed by atoms with van der Waals surface area (Å²) in [5, 5.41) is 4.78. The van der Waals surface area contributed by atoms with Gasteiger partial charge in [-0.15, -0.1) is 11.3 Å². The van der Waals surface area contributed by atoms with Crippen LogP contribution < -0.4 is 14.8 Å². The molecule has 1 aromatic carbocycles. The summed E-state index contributed by atoms with van der Waals surface area (Å²) < 4.78 is 37.7. The quantitative estimate of drug-likeness (QED) is 0.718. The van der Waals surface area contributed by atoms with Crippen LogP contribution in [0.25, 0.3) is 0 Å². The van der Waals surface area contributed by atoms with Crippen molar-refractivity contribution in [2.24, 2.45) is 5.92 Å². The molecule has 3 rings (SSSR count). The number of nitrogens with one attached hydrogen (secondary N) is 1. The number of nitrogens with zero attached hydrogens (tertiary/aromatic N) is 1. The van der Waals surface area contributed by atoms with Crippen LogP contribution in [-0.2, 0) is 14.8 Å². The predicted octanol–water partition coefficient (Wildman–Crippen LogP) is 3.04. The third-order valence-electron chi connectivity index (χ3n) is 5.18. The van der Waals surface area contributed by atoms with Crippen LogP contribution in [-0.4, -0.2) is 45.9 Å². The van der Waals surface area contributed by atoms with E-state index in [4.69, 9.17) is 9.47 Å². The van der Waals surface area contributed by atoms with Crippen molar-refractivity contribution in [1.82, 2.24) is 9.62 Å². The smallest absolute Gasteiger partial charge is 0.252 e. The number of hydrogen-bond donors (Lipinski definition) is 1. The zero-order chi connectivity index (χ0) is 21.0. The lowest BCUT2D eigenvalue weighted by atomic mass is 9.96. The Morgan fingerprint density at radius 3 is 2.52 bits per heavy atom. The SMILES string of the molecule is COc1ccc(OC)c([C@@H](C)NC(=O)C2CCN(S(=O)(=O)c3cccs3)CC2)c1. The summed E-state index contributed by atoms with van der Waals surface area (Å²) in [6.45, 7) is 2.58. The molecule has 2 heterocycles. The first-order chi connectivity index (χ1) is 13.9. The first kappa shape index (κ1) is 21.6. The van der Waals surface area contributed by atoms with E-state index in [9.17, 15) is 13.2 Å². The highest BCUT2D eigenvalue weighted by Gasteiger charge is 2.33. The highest BCUT2D eigenvalue weighted by molar-refractivity contribution is 7.91. The van der Waals surface area contributed by atoms with Gasteiger partial charge in [0, 0.05) is 24.6 Å². The van der Waals surface area contributed by atoms with Gasteiger partial charge in [0.15, 0.2) is 0 Å². The van der Waals surface area contributed by atoms with Gasteiger partial charge >= 0.3 is 0 Å². The monoisotopic (exact) mass is 438 g/mol. The highest BCUT2D eigenvalue weighted by atomic mass is 32.2. The molecular formula is C20H26N2O5S2. The average Bonchev–Trinajstić information content (AvgIpc) is 3.29. The van der Waals surface area contributed by atoms with Crippen LogP contribution in [0.2, 0.25) is 0 Å². The van der Waals surface area contributed by atoms with E-state index in [-0.39, 0.29) is 17.9 Å². The van der Waals surface area contributed by atoms with Gasteiger partial charge in [-0.1, -0.05) is 6.07 Å². The van der Waals surface area contributed by atoms with E-state index >= 15 is 0 Å². The van der Waals surface area contributed by atoms with Gasteiger partial charge in [0.25, 0.3) is 10.0 Å². The zero-order valence-corrected chi connectivity index (χ0v) is 18.4. The summed E-state index contributed by atoms with van der Waals surface area (Å²) >= 11 is 1.21. The Balaban J connectivity index is 1.62. The van der Waals surface area contributed by atoms with Crippen molar-refractivity contribution in [3.63, 3.8) is 0 Å². The second kappa shape index (κ2) is 9.15. The maximum absolute atomic E-state index is 12.8. The molecule has 1 aliphatic rings. The molecule has 1 aliphatic heterocycles. The van der Waals surface area contributed by atoms with Gasteiger partial charge in [-0.3, -0.25) is 4.79 Å². The van der Waals surface area contributed by atoms with Gasteiger partial charge in [-0.05, 0) is 49.4 Å². The van der Waals surface area contributed by atoms with Crippen LogP contribution in [0.15, 0.2) is 39.9 Å². The fourth-order valence-corrected chi connectivity index (χ4v) is 6.10. The Kier molecular flexibility index (Phi) is 6.81. The minimum atomic E-state index is -3.46. The summed E-state index contributed by atoms with van der Waals surface area (Å²) in [5.41, 5.74) is 0.831. The van der Waals surface area contributed by atoms with E-state index in [1.165, 1.54) is 15.6 Å². The van der Waals surface area contributed by atoms with Gasteiger partial charge in [-0.2, -0.15) is 4.31 Å². The molecule has 0 unspecified atom stereocenters.